The predicted molar refractivity (Wildman–Crippen MR) is 108 cm³/mol. The first-order valence-corrected chi connectivity index (χ1v) is 8.97. The average Bonchev–Trinajstić information content (AvgIpc) is 3.16. The molecule has 1 unspecified atom stereocenters. The van der Waals surface area contributed by atoms with Crippen molar-refractivity contribution in [3.63, 3.8) is 0 Å². The number of benzene rings is 1. The maximum absolute atomic E-state index is 12.5. The molecule has 0 saturated carbocycles. The fourth-order valence-electron chi connectivity index (χ4n) is 3.17. The molecule has 1 saturated heterocycles. The molecule has 1 aliphatic heterocycles. The van der Waals surface area contributed by atoms with Crippen molar-refractivity contribution < 1.29 is 9.59 Å². The Bertz CT molecular complexity index is 765. The standard InChI is InChI=1S/C19H25N5O2.ClH/c1-13-11-15(7-9-20-13)19(26)23-17-6-3-5-16(12-17)22-18(25)14(2)24-10-4-8-21-24;/h3-6,8,10,12-15,20H,7,9,11H2,1-2H3,(H,22,25)(H,23,26);1H/t13-,14?,15-;/m0./s1. The molecule has 0 bridgehead atoms. The van der Waals surface area contributed by atoms with Gasteiger partial charge in [0, 0.05) is 35.7 Å². The first-order valence-electron chi connectivity index (χ1n) is 8.97. The lowest BCUT2D eigenvalue weighted by Gasteiger charge is -2.27. The summed E-state index contributed by atoms with van der Waals surface area (Å²) >= 11 is 0. The normalized spacial score (nSPS) is 20.2. The molecule has 1 aromatic carbocycles. The van der Waals surface area contributed by atoms with Gasteiger partial charge in [-0.2, -0.15) is 5.10 Å². The van der Waals surface area contributed by atoms with E-state index in [9.17, 15) is 9.59 Å². The van der Waals surface area contributed by atoms with Crippen LogP contribution in [0.25, 0.3) is 0 Å². The summed E-state index contributed by atoms with van der Waals surface area (Å²) in [5.41, 5.74) is 1.33. The van der Waals surface area contributed by atoms with Crippen LogP contribution in [0, 0.1) is 5.92 Å². The molecule has 3 atom stereocenters. The van der Waals surface area contributed by atoms with E-state index < -0.39 is 6.04 Å². The molecule has 2 heterocycles. The second-order valence-electron chi connectivity index (χ2n) is 6.80. The molecule has 0 aliphatic carbocycles. The zero-order valence-corrected chi connectivity index (χ0v) is 16.3. The second-order valence-corrected chi connectivity index (χ2v) is 6.80. The van der Waals surface area contributed by atoms with Crippen molar-refractivity contribution in [1.82, 2.24) is 15.1 Å². The third kappa shape index (κ3) is 5.55. The number of piperidine rings is 1. The minimum absolute atomic E-state index is 0. The third-order valence-electron chi connectivity index (χ3n) is 4.69. The van der Waals surface area contributed by atoms with Crippen molar-refractivity contribution in [1.29, 1.82) is 0 Å². The molecule has 2 amide bonds. The Morgan fingerprint density at radius 2 is 2.00 bits per heavy atom. The van der Waals surface area contributed by atoms with Crippen LogP contribution in [0.2, 0.25) is 0 Å². The summed E-state index contributed by atoms with van der Waals surface area (Å²) in [6, 6.07) is 8.94. The number of carbonyl (C=O) groups excluding carboxylic acids is 2. The molecule has 3 N–H and O–H groups in total. The van der Waals surface area contributed by atoms with E-state index in [0.717, 1.165) is 19.4 Å². The summed E-state index contributed by atoms with van der Waals surface area (Å²) in [7, 11) is 0. The number of nitrogens with one attached hydrogen (secondary N) is 3. The van der Waals surface area contributed by atoms with Crippen LogP contribution >= 0.6 is 12.4 Å². The maximum Gasteiger partial charge on any atom is 0.248 e. The topological polar surface area (TPSA) is 88.0 Å². The summed E-state index contributed by atoms with van der Waals surface area (Å²) < 4.78 is 1.60. The fourth-order valence-corrected chi connectivity index (χ4v) is 3.17. The number of rotatable bonds is 5. The van der Waals surface area contributed by atoms with Crippen LogP contribution in [0.1, 0.15) is 32.7 Å². The number of hydrogen-bond donors (Lipinski definition) is 3. The lowest BCUT2D eigenvalue weighted by Crippen LogP contribution is -2.40. The van der Waals surface area contributed by atoms with Crippen LogP contribution < -0.4 is 16.0 Å². The van der Waals surface area contributed by atoms with E-state index in [4.69, 9.17) is 0 Å². The molecule has 0 radical (unpaired) electrons. The monoisotopic (exact) mass is 391 g/mol. The van der Waals surface area contributed by atoms with Gasteiger partial charge in [0.1, 0.15) is 6.04 Å². The Morgan fingerprint density at radius 1 is 1.26 bits per heavy atom. The first kappa shape index (κ1) is 20.9. The molecule has 2 aromatic rings. The minimum Gasteiger partial charge on any atom is -0.326 e. The van der Waals surface area contributed by atoms with Gasteiger partial charge in [-0.3, -0.25) is 14.3 Å². The van der Waals surface area contributed by atoms with Crippen LogP contribution in [0.4, 0.5) is 11.4 Å². The summed E-state index contributed by atoms with van der Waals surface area (Å²) in [6.45, 7) is 4.74. The summed E-state index contributed by atoms with van der Waals surface area (Å²) in [4.78, 5) is 24.8. The van der Waals surface area contributed by atoms with Gasteiger partial charge in [0.2, 0.25) is 11.8 Å². The highest BCUT2D eigenvalue weighted by Crippen LogP contribution is 2.21. The molecular formula is C19H26ClN5O2. The van der Waals surface area contributed by atoms with Gasteiger partial charge >= 0.3 is 0 Å². The number of hydrogen-bond acceptors (Lipinski definition) is 4. The maximum atomic E-state index is 12.5. The van der Waals surface area contributed by atoms with Gasteiger partial charge in [-0.1, -0.05) is 6.07 Å². The minimum atomic E-state index is -0.417. The Kier molecular flexibility index (Phi) is 7.38. The SMILES string of the molecule is CC(C(=O)Nc1cccc(NC(=O)[C@H]2CCN[C@@H](C)C2)c1)n1cccn1.Cl. The third-order valence-corrected chi connectivity index (χ3v) is 4.69. The Balaban J connectivity index is 0.00000261. The number of nitrogens with zero attached hydrogens (tertiary/aromatic N) is 2. The van der Waals surface area contributed by atoms with Crippen LogP contribution in [0.3, 0.4) is 0 Å². The van der Waals surface area contributed by atoms with E-state index in [1.54, 1.807) is 42.2 Å². The van der Waals surface area contributed by atoms with Gasteiger partial charge in [-0.25, -0.2) is 0 Å². The first-order chi connectivity index (χ1) is 12.5. The smallest absolute Gasteiger partial charge is 0.248 e. The Labute approximate surface area is 165 Å². The molecular weight excluding hydrogens is 366 g/mol. The highest BCUT2D eigenvalue weighted by Gasteiger charge is 2.24. The second kappa shape index (κ2) is 9.53. The largest absolute Gasteiger partial charge is 0.326 e. The number of halogens is 1. The summed E-state index contributed by atoms with van der Waals surface area (Å²) in [6.07, 6.45) is 5.07. The number of aromatic nitrogens is 2. The summed E-state index contributed by atoms with van der Waals surface area (Å²) in [5.74, 6) is -0.111. The Hall–Kier alpha value is -2.38. The van der Waals surface area contributed by atoms with Gasteiger partial charge < -0.3 is 16.0 Å². The van der Waals surface area contributed by atoms with Crippen LogP contribution in [-0.2, 0) is 9.59 Å². The lowest BCUT2D eigenvalue weighted by molar-refractivity contribution is -0.121. The van der Waals surface area contributed by atoms with E-state index in [0.29, 0.717) is 17.4 Å². The van der Waals surface area contributed by atoms with Crippen molar-refractivity contribution in [2.75, 3.05) is 17.2 Å². The van der Waals surface area contributed by atoms with Gasteiger partial charge in [0.15, 0.2) is 0 Å². The molecule has 3 rings (SSSR count). The predicted octanol–water partition coefficient (Wildman–Crippen LogP) is 2.83. The molecule has 1 aromatic heterocycles. The van der Waals surface area contributed by atoms with E-state index in [-0.39, 0.29) is 30.1 Å². The van der Waals surface area contributed by atoms with E-state index in [1.165, 1.54) is 0 Å². The lowest BCUT2D eigenvalue weighted by atomic mass is 9.92. The Morgan fingerprint density at radius 3 is 2.67 bits per heavy atom. The summed E-state index contributed by atoms with van der Waals surface area (Å²) in [5, 5.41) is 13.3. The van der Waals surface area contributed by atoms with Crippen molar-refractivity contribution in [2.24, 2.45) is 5.92 Å². The molecule has 146 valence electrons. The molecule has 27 heavy (non-hydrogen) atoms. The number of carbonyl (C=O) groups is 2. The van der Waals surface area contributed by atoms with E-state index in [2.05, 4.69) is 28.0 Å². The van der Waals surface area contributed by atoms with Crippen LogP contribution in [-0.4, -0.2) is 34.2 Å². The fraction of sp³-hybridized carbons (Fsp3) is 0.421. The zero-order chi connectivity index (χ0) is 18.5. The van der Waals surface area contributed by atoms with Gasteiger partial charge in [0.25, 0.3) is 0 Å². The molecule has 1 fully saturated rings. The van der Waals surface area contributed by atoms with Gasteiger partial charge in [-0.15, -0.1) is 12.4 Å². The van der Waals surface area contributed by atoms with E-state index >= 15 is 0 Å². The van der Waals surface area contributed by atoms with Crippen LogP contribution in [0.5, 0.6) is 0 Å². The quantitative estimate of drug-likeness (QED) is 0.731. The number of amides is 2. The molecule has 0 spiro atoms. The van der Waals surface area contributed by atoms with Crippen molar-refractivity contribution >= 4 is 35.6 Å². The van der Waals surface area contributed by atoms with Crippen LogP contribution in [0.15, 0.2) is 42.7 Å². The highest BCUT2D eigenvalue weighted by molar-refractivity contribution is 5.96. The van der Waals surface area contributed by atoms with E-state index in [1.807, 2.05) is 12.1 Å². The van der Waals surface area contributed by atoms with Crippen molar-refractivity contribution in [2.45, 2.75) is 38.8 Å². The van der Waals surface area contributed by atoms with Crippen molar-refractivity contribution in [3.05, 3.63) is 42.7 Å². The van der Waals surface area contributed by atoms with Crippen molar-refractivity contribution in [3.8, 4) is 0 Å². The molecule has 7 nitrogen and oxygen atoms in total. The highest BCUT2D eigenvalue weighted by atomic mass is 35.5. The molecule has 8 heteroatoms. The number of anilines is 2. The van der Waals surface area contributed by atoms with Gasteiger partial charge in [0.05, 0.1) is 0 Å². The molecule has 1 aliphatic rings. The average molecular weight is 392 g/mol. The zero-order valence-electron chi connectivity index (χ0n) is 15.5. The van der Waals surface area contributed by atoms with Gasteiger partial charge in [-0.05, 0) is 57.5 Å².